The quantitative estimate of drug-likeness (QED) is 0.766. The van der Waals surface area contributed by atoms with Crippen LogP contribution >= 0.6 is 0 Å². The average molecular weight is 236 g/mol. The Kier molecular flexibility index (Phi) is 3.41. The molecule has 6 heteroatoms. The summed E-state index contributed by atoms with van der Waals surface area (Å²) in [6, 6.07) is 0. The van der Waals surface area contributed by atoms with Gasteiger partial charge in [0, 0.05) is 31.9 Å². The van der Waals surface area contributed by atoms with Gasteiger partial charge in [-0.1, -0.05) is 0 Å². The predicted molar refractivity (Wildman–Crippen MR) is 60.8 cm³/mol. The van der Waals surface area contributed by atoms with Crippen LogP contribution in [0.3, 0.4) is 0 Å². The van der Waals surface area contributed by atoms with Crippen LogP contribution in [0.5, 0.6) is 0 Å². The van der Waals surface area contributed by atoms with E-state index in [0.29, 0.717) is 26.1 Å². The van der Waals surface area contributed by atoms with Gasteiger partial charge >= 0.3 is 0 Å². The maximum atomic E-state index is 11.8. The molecule has 1 aliphatic heterocycles. The largest absolute Gasteiger partial charge is 0.349 e. The molecule has 92 valence electrons. The molecule has 1 aliphatic rings. The van der Waals surface area contributed by atoms with E-state index in [9.17, 15) is 9.59 Å². The van der Waals surface area contributed by atoms with E-state index in [2.05, 4.69) is 15.3 Å². The van der Waals surface area contributed by atoms with E-state index >= 15 is 0 Å². The third kappa shape index (κ3) is 2.64. The Hall–Kier alpha value is -1.85. The Labute approximate surface area is 99.4 Å². The van der Waals surface area contributed by atoms with Gasteiger partial charge in [-0.25, -0.2) is 4.98 Å². The zero-order valence-corrected chi connectivity index (χ0v) is 9.77. The fourth-order valence-electron chi connectivity index (χ4n) is 1.96. The molecular weight excluding hydrogens is 220 g/mol. The monoisotopic (exact) mass is 236 g/mol. The van der Waals surface area contributed by atoms with Crippen molar-refractivity contribution >= 4 is 11.8 Å². The number of H-pyrrole nitrogens is 1. The van der Waals surface area contributed by atoms with E-state index in [1.807, 2.05) is 6.92 Å². The average Bonchev–Trinajstić information content (AvgIpc) is 2.94. The predicted octanol–water partition coefficient (Wildman–Crippen LogP) is -0.106. The second-order valence-corrected chi connectivity index (χ2v) is 4.09. The lowest BCUT2D eigenvalue weighted by Crippen LogP contribution is -2.32. The standard InChI is InChI=1S/C11H16N4O2/c1-2-15-7-8(5-10(15)16)11(17)14-6-9-12-3-4-13-9/h3-4,8H,2,5-7H2,1H3,(H,12,13)(H,14,17). The van der Waals surface area contributed by atoms with Crippen LogP contribution in [0.1, 0.15) is 19.2 Å². The third-order valence-electron chi connectivity index (χ3n) is 2.95. The lowest BCUT2D eigenvalue weighted by atomic mass is 10.1. The number of nitrogens with zero attached hydrogens (tertiary/aromatic N) is 2. The smallest absolute Gasteiger partial charge is 0.225 e. The Bertz CT molecular complexity index is 402. The van der Waals surface area contributed by atoms with Gasteiger partial charge in [0.25, 0.3) is 0 Å². The normalized spacial score (nSPS) is 19.7. The second-order valence-electron chi connectivity index (χ2n) is 4.09. The molecule has 2 rings (SSSR count). The topological polar surface area (TPSA) is 78.1 Å². The van der Waals surface area contributed by atoms with Gasteiger partial charge in [-0.2, -0.15) is 0 Å². The fourth-order valence-corrected chi connectivity index (χ4v) is 1.96. The molecule has 0 spiro atoms. The summed E-state index contributed by atoms with van der Waals surface area (Å²) in [7, 11) is 0. The molecule has 1 aromatic rings. The summed E-state index contributed by atoms with van der Waals surface area (Å²) in [5.41, 5.74) is 0. The molecular formula is C11H16N4O2. The molecule has 1 saturated heterocycles. The van der Waals surface area contributed by atoms with E-state index in [0.717, 1.165) is 5.82 Å². The van der Waals surface area contributed by atoms with Gasteiger partial charge < -0.3 is 15.2 Å². The highest BCUT2D eigenvalue weighted by atomic mass is 16.2. The molecule has 0 radical (unpaired) electrons. The molecule has 6 nitrogen and oxygen atoms in total. The minimum absolute atomic E-state index is 0.0608. The van der Waals surface area contributed by atoms with E-state index in [1.54, 1.807) is 17.3 Å². The summed E-state index contributed by atoms with van der Waals surface area (Å²) in [5, 5.41) is 2.78. The van der Waals surface area contributed by atoms with Crippen molar-refractivity contribution in [1.82, 2.24) is 20.2 Å². The number of carbonyl (C=O) groups is 2. The minimum atomic E-state index is -0.225. The molecule has 1 atom stereocenters. The molecule has 1 unspecified atom stereocenters. The maximum absolute atomic E-state index is 11.8. The highest BCUT2D eigenvalue weighted by Crippen LogP contribution is 2.17. The zero-order chi connectivity index (χ0) is 12.3. The van der Waals surface area contributed by atoms with Crippen LogP contribution in [-0.2, 0) is 16.1 Å². The van der Waals surface area contributed by atoms with Crippen LogP contribution in [0.2, 0.25) is 0 Å². The number of hydrogen-bond acceptors (Lipinski definition) is 3. The SMILES string of the molecule is CCN1CC(C(=O)NCc2ncc[nH]2)CC1=O. The Morgan fingerprint density at radius 1 is 1.71 bits per heavy atom. The van der Waals surface area contributed by atoms with E-state index in [-0.39, 0.29) is 17.7 Å². The number of carbonyl (C=O) groups excluding carboxylic acids is 2. The van der Waals surface area contributed by atoms with Gasteiger partial charge in [0.05, 0.1) is 12.5 Å². The van der Waals surface area contributed by atoms with Crippen LogP contribution < -0.4 is 5.32 Å². The molecule has 2 heterocycles. The van der Waals surface area contributed by atoms with E-state index in [4.69, 9.17) is 0 Å². The first kappa shape index (κ1) is 11.6. The zero-order valence-electron chi connectivity index (χ0n) is 9.77. The molecule has 0 aliphatic carbocycles. The molecule has 2 N–H and O–H groups in total. The van der Waals surface area contributed by atoms with Gasteiger partial charge in [0.2, 0.25) is 11.8 Å². The summed E-state index contributed by atoms with van der Waals surface area (Å²) in [5.74, 6) is 0.476. The summed E-state index contributed by atoms with van der Waals surface area (Å²) in [6.07, 6.45) is 3.66. The number of rotatable bonds is 4. The summed E-state index contributed by atoms with van der Waals surface area (Å²) < 4.78 is 0. The summed E-state index contributed by atoms with van der Waals surface area (Å²) in [4.78, 5) is 31.9. The Morgan fingerprint density at radius 3 is 3.12 bits per heavy atom. The first-order chi connectivity index (χ1) is 8.20. The van der Waals surface area contributed by atoms with Crippen molar-refractivity contribution in [2.45, 2.75) is 19.9 Å². The van der Waals surface area contributed by atoms with Crippen LogP contribution in [0, 0.1) is 5.92 Å². The number of nitrogens with one attached hydrogen (secondary N) is 2. The molecule has 0 bridgehead atoms. The number of hydrogen-bond donors (Lipinski definition) is 2. The van der Waals surface area contributed by atoms with Crippen LogP contribution in [0.25, 0.3) is 0 Å². The summed E-state index contributed by atoms with van der Waals surface area (Å²) >= 11 is 0. The number of amides is 2. The van der Waals surface area contributed by atoms with Crippen molar-refractivity contribution in [1.29, 1.82) is 0 Å². The lowest BCUT2D eigenvalue weighted by molar-refractivity contribution is -0.128. The molecule has 17 heavy (non-hydrogen) atoms. The maximum Gasteiger partial charge on any atom is 0.225 e. The first-order valence-electron chi connectivity index (χ1n) is 5.74. The number of aromatic nitrogens is 2. The van der Waals surface area contributed by atoms with Crippen LogP contribution in [-0.4, -0.2) is 39.8 Å². The van der Waals surface area contributed by atoms with E-state index < -0.39 is 0 Å². The second kappa shape index (κ2) is 4.99. The summed E-state index contributed by atoms with van der Waals surface area (Å²) in [6.45, 7) is 3.49. The fraction of sp³-hybridized carbons (Fsp3) is 0.545. The van der Waals surface area contributed by atoms with Crippen molar-refractivity contribution in [3.05, 3.63) is 18.2 Å². The van der Waals surface area contributed by atoms with Gasteiger partial charge in [0.15, 0.2) is 0 Å². The van der Waals surface area contributed by atoms with Gasteiger partial charge in [-0.15, -0.1) is 0 Å². The van der Waals surface area contributed by atoms with Crippen LogP contribution in [0.15, 0.2) is 12.4 Å². The molecule has 0 saturated carbocycles. The van der Waals surface area contributed by atoms with Crippen molar-refractivity contribution in [3.8, 4) is 0 Å². The van der Waals surface area contributed by atoms with Gasteiger partial charge in [-0.3, -0.25) is 9.59 Å². The third-order valence-corrected chi connectivity index (χ3v) is 2.95. The van der Waals surface area contributed by atoms with E-state index in [1.165, 1.54) is 0 Å². The molecule has 1 aromatic heterocycles. The number of aromatic amines is 1. The Balaban J connectivity index is 1.83. The van der Waals surface area contributed by atoms with Crippen molar-refractivity contribution < 1.29 is 9.59 Å². The lowest BCUT2D eigenvalue weighted by Gasteiger charge is -2.13. The highest BCUT2D eigenvalue weighted by Gasteiger charge is 2.33. The first-order valence-corrected chi connectivity index (χ1v) is 5.74. The van der Waals surface area contributed by atoms with Gasteiger partial charge in [-0.05, 0) is 6.92 Å². The van der Waals surface area contributed by atoms with Crippen molar-refractivity contribution in [3.63, 3.8) is 0 Å². The molecule has 0 aromatic carbocycles. The van der Waals surface area contributed by atoms with Gasteiger partial charge in [0.1, 0.15) is 5.82 Å². The minimum Gasteiger partial charge on any atom is -0.349 e. The number of likely N-dealkylation sites (tertiary alicyclic amines) is 1. The van der Waals surface area contributed by atoms with Crippen molar-refractivity contribution in [2.75, 3.05) is 13.1 Å². The number of imidazole rings is 1. The molecule has 1 fully saturated rings. The van der Waals surface area contributed by atoms with Crippen LogP contribution in [0.4, 0.5) is 0 Å². The highest BCUT2D eigenvalue weighted by molar-refractivity contribution is 5.89. The molecule has 2 amide bonds. The Morgan fingerprint density at radius 2 is 2.53 bits per heavy atom. The van der Waals surface area contributed by atoms with Crippen molar-refractivity contribution in [2.24, 2.45) is 5.92 Å².